The highest BCUT2D eigenvalue weighted by Gasteiger charge is 2.10. The maximum atomic E-state index is 6.12. The molecule has 0 amide bonds. The van der Waals surface area contributed by atoms with Gasteiger partial charge in [0.05, 0.1) is 6.10 Å². The van der Waals surface area contributed by atoms with Crippen LogP contribution in [0.3, 0.4) is 0 Å². The highest BCUT2D eigenvalue weighted by molar-refractivity contribution is 6.30. The maximum absolute atomic E-state index is 6.12. The largest absolute Gasteiger partial charge is 0.373 e. The lowest BCUT2D eigenvalue weighted by atomic mass is 10.1. The van der Waals surface area contributed by atoms with E-state index in [2.05, 4.69) is 19.9 Å². The van der Waals surface area contributed by atoms with Crippen LogP contribution in [0.25, 0.3) is 0 Å². The summed E-state index contributed by atoms with van der Waals surface area (Å²) in [5, 5.41) is 0.880. The third-order valence-corrected chi connectivity index (χ3v) is 2.25. The van der Waals surface area contributed by atoms with Crippen molar-refractivity contribution in [2.75, 3.05) is 6.61 Å². The first kappa shape index (κ1) is 13.0. The fourth-order valence-corrected chi connectivity index (χ4v) is 1.46. The minimum Gasteiger partial charge on any atom is -0.373 e. The lowest BCUT2D eigenvalue weighted by Crippen LogP contribution is -2.12. The molecule has 1 unspecified atom stereocenters. The van der Waals surface area contributed by atoms with Crippen LogP contribution in [0.4, 0.5) is 0 Å². The van der Waals surface area contributed by atoms with E-state index in [-0.39, 0.29) is 6.10 Å². The summed E-state index contributed by atoms with van der Waals surface area (Å²) in [6.07, 6.45) is 6.53. The summed E-state index contributed by atoms with van der Waals surface area (Å²) in [4.78, 5) is 0. The molecule has 0 N–H and O–H groups in total. The Balaban J connectivity index is 4.00. The molecule has 0 spiro atoms. The van der Waals surface area contributed by atoms with Crippen LogP contribution in [0.2, 0.25) is 0 Å². The second-order valence-corrected chi connectivity index (χ2v) is 3.55. The molecule has 0 saturated carbocycles. The smallest absolute Gasteiger partial charge is 0.0926 e. The number of hydrogen-bond acceptors (Lipinski definition) is 1. The first-order valence-electron chi connectivity index (χ1n) is 5.23. The number of allylic oxidation sites excluding steroid dienone is 1. The Labute approximate surface area is 87.1 Å². The molecule has 0 bridgehead atoms. The van der Waals surface area contributed by atoms with Gasteiger partial charge in [0.25, 0.3) is 0 Å². The van der Waals surface area contributed by atoms with Crippen molar-refractivity contribution in [3.8, 4) is 0 Å². The molecule has 0 saturated heterocycles. The highest BCUT2D eigenvalue weighted by atomic mass is 35.5. The molecular weight excluding hydrogens is 184 g/mol. The van der Waals surface area contributed by atoms with Crippen LogP contribution in [-0.4, -0.2) is 12.7 Å². The molecule has 0 radical (unpaired) electrons. The average molecular weight is 205 g/mol. The van der Waals surface area contributed by atoms with Gasteiger partial charge in [-0.15, -0.1) is 0 Å². The fraction of sp³-hybridized carbons (Fsp3) is 0.818. The molecule has 0 aliphatic carbocycles. The predicted octanol–water partition coefficient (Wildman–Crippen LogP) is 4.11. The van der Waals surface area contributed by atoms with Crippen molar-refractivity contribution >= 4 is 11.6 Å². The van der Waals surface area contributed by atoms with Crippen LogP contribution < -0.4 is 0 Å². The summed E-state index contributed by atoms with van der Waals surface area (Å²) >= 11 is 6.12. The van der Waals surface area contributed by atoms with Crippen molar-refractivity contribution in [1.29, 1.82) is 0 Å². The molecule has 2 heteroatoms. The molecule has 0 aliphatic rings. The van der Waals surface area contributed by atoms with Gasteiger partial charge < -0.3 is 4.74 Å². The quantitative estimate of drug-likeness (QED) is 0.607. The SMILES string of the molecule is CCC/C=C(\Cl)C(CCC)OCC. The third kappa shape index (κ3) is 6.11. The van der Waals surface area contributed by atoms with Gasteiger partial charge in [0, 0.05) is 11.6 Å². The van der Waals surface area contributed by atoms with Gasteiger partial charge in [-0.1, -0.05) is 44.4 Å². The Bertz CT molecular complexity index is 137. The number of hydrogen-bond donors (Lipinski definition) is 0. The minimum atomic E-state index is 0.128. The summed E-state index contributed by atoms with van der Waals surface area (Å²) < 4.78 is 5.54. The lowest BCUT2D eigenvalue weighted by Gasteiger charge is -2.15. The molecule has 0 fully saturated rings. The average Bonchev–Trinajstić information content (AvgIpc) is 2.14. The first-order chi connectivity index (χ1) is 6.26. The molecule has 0 heterocycles. The summed E-state index contributed by atoms with van der Waals surface area (Å²) in [5.41, 5.74) is 0. The van der Waals surface area contributed by atoms with Gasteiger partial charge in [-0.25, -0.2) is 0 Å². The van der Waals surface area contributed by atoms with Gasteiger partial charge in [0.15, 0.2) is 0 Å². The Kier molecular flexibility index (Phi) is 8.58. The zero-order valence-electron chi connectivity index (χ0n) is 8.98. The second kappa shape index (κ2) is 8.58. The van der Waals surface area contributed by atoms with Crippen molar-refractivity contribution in [1.82, 2.24) is 0 Å². The van der Waals surface area contributed by atoms with Crippen molar-refractivity contribution in [3.05, 3.63) is 11.1 Å². The van der Waals surface area contributed by atoms with Gasteiger partial charge >= 0.3 is 0 Å². The summed E-state index contributed by atoms with van der Waals surface area (Å²) in [7, 11) is 0. The first-order valence-corrected chi connectivity index (χ1v) is 5.61. The summed E-state index contributed by atoms with van der Waals surface area (Å²) in [5.74, 6) is 0. The van der Waals surface area contributed by atoms with E-state index in [1.54, 1.807) is 0 Å². The van der Waals surface area contributed by atoms with Gasteiger partial charge in [-0.2, -0.15) is 0 Å². The van der Waals surface area contributed by atoms with Crippen LogP contribution in [0.1, 0.15) is 46.5 Å². The van der Waals surface area contributed by atoms with Crippen molar-refractivity contribution < 1.29 is 4.74 Å². The van der Waals surface area contributed by atoms with Gasteiger partial charge in [0.2, 0.25) is 0 Å². The van der Waals surface area contributed by atoms with Crippen LogP contribution in [0.5, 0.6) is 0 Å². The Morgan fingerprint density at radius 1 is 1.31 bits per heavy atom. The monoisotopic (exact) mass is 204 g/mol. The molecule has 0 aromatic rings. The summed E-state index contributed by atoms with van der Waals surface area (Å²) in [6.45, 7) is 7.04. The van der Waals surface area contributed by atoms with Gasteiger partial charge in [-0.3, -0.25) is 0 Å². The predicted molar refractivity (Wildman–Crippen MR) is 59.2 cm³/mol. The standard InChI is InChI=1S/C11H21ClO/c1-4-7-9-10(12)11(8-5-2)13-6-3/h9,11H,4-8H2,1-3H3/b10-9-. The van der Waals surface area contributed by atoms with E-state index >= 15 is 0 Å². The Morgan fingerprint density at radius 2 is 2.00 bits per heavy atom. The number of ether oxygens (including phenoxy) is 1. The molecule has 0 aromatic heterocycles. The van der Waals surface area contributed by atoms with E-state index in [1.807, 2.05) is 6.92 Å². The topological polar surface area (TPSA) is 9.23 Å². The van der Waals surface area contributed by atoms with E-state index in [0.717, 1.165) is 37.3 Å². The summed E-state index contributed by atoms with van der Waals surface area (Å²) in [6, 6.07) is 0. The molecule has 13 heavy (non-hydrogen) atoms. The lowest BCUT2D eigenvalue weighted by molar-refractivity contribution is 0.0864. The molecule has 0 aromatic carbocycles. The second-order valence-electron chi connectivity index (χ2n) is 3.11. The van der Waals surface area contributed by atoms with Gasteiger partial charge in [-0.05, 0) is 19.8 Å². The van der Waals surface area contributed by atoms with Crippen LogP contribution >= 0.6 is 11.6 Å². The molecule has 1 nitrogen and oxygen atoms in total. The van der Waals surface area contributed by atoms with E-state index < -0.39 is 0 Å². The molecule has 0 rings (SSSR count). The number of unbranched alkanes of at least 4 members (excludes halogenated alkanes) is 1. The molecule has 0 aliphatic heterocycles. The Morgan fingerprint density at radius 3 is 2.46 bits per heavy atom. The van der Waals surface area contributed by atoms with Crippen molar-refractivity contribution in [3.63, 3.8) is 0 Å². The van der Waals surface area contributed by atoms with Crippen LogP contribution in [0, 0.1) is 0 Å². The highest BCUT2D eigenvalue weighted by Crippen LogP contribution is 2.17. The zero-order chi connectivity index (χ0) is 10.1. The molecular formula is C11H21ClO. The minimum absolute atomic E-state index is 0.128. The Hall–Kier alpha value is -0.0100. The van der Waals surface area contributed by atoms with Crippen molar-refractivity contribution in [2.45, 2.75) is 52.6 Å². The van der Waals surface area contributed by atoms with Crippen LogP contribution in [-0.2, 0) is 4.74 Å². The number of rotatable bonds is 7. The van der Waals surface area contributed by atoms with E-state index in [4.69, 9.17) is 16.3 Å². The van der Waals surface area contributed by atoms with Crippen molar-refractivity contribution in [2.24, 2.45) is 0 Å². The van der Waals surface area contributed by atoms with Crippen LogP contribution in [0.15, 0.2) is 11.1 Å². The zero-order valence-corrected chi connectivity index (χ0v) is 9.73. The molecule has 78 valence electrons. The van der Waals surface area contributed by atoms with E-state index in [9.17, 15) is 0 Å². The number of halogens is 1. The molecule has 1 atom stereocenters. The fourth-order valence-electron chi connectivity index (χ4n) is 1.18. The van der Waals surface area contributed by atoms with E-state index in [1.165, 1.54) is 0 Å². The normalized spacial score (nSPS) is 14.6. The van der Waals surface area contributed by atoms with E-state index in [0.29, 0.717) is 0 Å². The van der Waals surface area contributed by atoms with Gasteiger partial charge in [0.1, 0.15) is 0 Å². The third-order valence-electron chi connectivity index (χ3n) is 1.85. The maximum Gasteiger partial charge on any atom is 0.0926 e.